The predicted octanol–water partition coefficient (Wildman–Crippen LogP) is 3.53. The van der Waals surface area contributed by atoms with Crippen molar-refractivity contribution in [3.63, 3.8) is 0 Å². The lowest BCUT2D eigenvalue weighted by molar-refractivity contribution is 0.779. The van der Waals surface area contributed by atoms with Gasteiger partial charge < -0.3 is 10.7 Å². The van der Waals surface area contributed by atoms with Gasteiger partial charge >= 0.3 is 0 Å². The Hall–Kier alpha value is -2.29. The molecule has 1 heterocycles. The zero-order chi connectivity index (χ0) is 13.7. The molecular formula is C17H17N3. The van der Waals surface area contributed by atoms with Crippen LogP contribution in [0.15, 0.2) is 42.5 Å². The lowest BCUT2D eigenvalue weighted by Crippen LogP contribution is -2.10. The highest BCUT2D eigenvalue weighted by atomic mass is 15.0. The third kappa shape index (κ3) is 1.63. The molecule has 3 N–H and O–H groups in total. The van der Waals surface area contributed by atoms with Gasteiger partial charge in [-0.2, -0.15) is 0 Å². The van der Waals surface area contributed by atoms with Gasteiger partial charge in [-0.25, -0.2) is 4.98 Å². The van der Waals surface area contributed by atoms with Crippen LogP contribution in [0.1, 0.15) is 29.8 Å². The quantitative estimate of drug-likeness (QED) is 0.695. The molecule has 1 aliphatic carbocycles. The first-order chi connectivity index (χ1) is 9.67. The van der Waals surface area contributed by atoms with Crippen LogP contribution in [0.25, 0.3) is 11.0 Å². The highest BCUT2D eigenvalue weighted by Crippen LogP contribution is 2.52. The van der Waals surface area contributed by atoms with E-state index >= 15 is 0 Å². The highest BCUT2D eigenvalue weighted by molar-refractivity contribution is 5.76. The average molecular weight is 263 g/mol. The van der Waals surface area contributed by atoms with Gasteiger partial charge in [0.05, 0.1) is 16.4 Å². The number of nitrogen functional groups attached to an aromatic ring is 1. The summed E-state index contributed by atoms with van der Waals surface area (Å²) in [6.07, 6.45) is 2.30. The lowest BCUT2D eigenvalue weighted by Gasteiger charge is -2.12. The van der Waals surface area contributed by atoms with Crippen LogP contribution >= 0.6 is 0 Å². The summed E-state index contributed by atoms with van der Waals surface area (Å²) in [4.78, 5) is 8.31. The molecule has 0 atom stereocenters. The Morgan fingerprint density at radius 3 is 2.55 bits per heavy atom. The minimum absolute atomic E-state index is 0.0701. The molecule has 1 saturated carbocycles. The van der Waals surface area contributed by atoms with Crippen molar-refractivity contribution in [2.24, 2.45) is 0 Å². The fraction of sp³-hybridized carbons (Fsp3) is 0.235. The van der Waals surface area contributed by atoms with Crippen molar-refractivity contribution in [3.8, 4) is 0 Å². The molecule has 0 aliphatic heterocycles. The molecule has 4 rings (SSSR count). The number of hydrogen-bond acceptors (Lipinski definition) is 2. The largest absolute Gasteiger partial charge is 0.399 e. The molecule has 1 aliphatic rings. The Labute approximate surface area is 117 Å². The Morgan fingerprint density at radius 2 is 1.85 bits per heavy atom. The summed E-state index contributed by atoms with van der Waals surface area (Å²) in [5.74, 6) is 1.09. The summed E-state index contributed by atoms with van der Waals surface area (Å²) >= 11 is 0. The Bertz CT molecular complexity index is 780. The van der Waals surface area contributed by atoms with Crippen LogP contribution in [0.5, 0.6) is 0 Å². The number of benzene rings is 2. The van der Waals surface area contributed by atoms with E-state index in [0.29, 0.717) is 0 Å². The van der Waals surface area contributed by atoms with E-state index in [1.165, 1.54) is 11.1 Å². The van der Waals surface area contributed by atoms with Gasteiger partial charge in [-0.15, -0.1) is 0 Å². The van der Waals surface area contributed by atoms with Crippen molar-refractivity contribution in [2.75, 3.05) is 5.73 Å². The van der Waals surface area contributed by atoms with Gasteiger partial charge in [0.1, 0.15) is 5.82 Å². The second kappa shape index (κ2) is 3.85. The number of imidazole rings is 1. The number of aromatic amines is 1. The van der Waals surface area contributed by atoms with E-state index in [-0.39, 0.29) is 5.41 Å². The molecule has 0 radical (unpaired) electrons. The molecule has 1 fully saturated rings. The number of anilines is 1. The van der Waals surface area contributed by atoms with E-state index in [0.717, 1.165) is 35.4 Å². The lowest BCUT2D eigenvalue weighted by atomic mass is 9.95. The Balaban J connectivity index is 1.83. The number of nitrogens with one attached hydrogen (secondary N) is 1. The molecule has 3 nitrogen and oxygen atoms in total. The molecule has 0 unspecified atom stereocenters. The van der Waals surface area contributed by atoms with Crippen LogP contribution in [-0.4, -0.2) is 9.97 Å². The summed E-state index contributed by atoms with van der Waals surface area (Å²) in [7, 11) is 0. The number of aromatic nitrogens is 2. The Morgan fingerprint density at radius 1 is 1.10 bits per heavy atom. The molecule has 0 amide bonds. The fourth-order valence-electron chi connectivity index (χ4n) is 2.94. The van der Waals surface area contributed by atoms with E-state index in [1.807, 2.05) is 12.1 Å². The van der Waals surface area contributed by atoms with Crippen molar-refractivity contribution >= 4 is 16.7 Å². The molecule has 0 bridgehead atoms. The van der Waals surface area contributed by atoms with Crippen LogP contribution in [0.3, 0.4) is 0 Å². The third-order valence-electron chi connectivity index (χ3n) is 4.30. The molecule has 0 spiro atoms. The van der Waals surface area contributed by atoms with Crippen molar-refractivity contribution in [1.82, 2.24) is 9.97 Å². The van der Waals surface area contributed by atoms with Crippen molar-refractivity contribution in [2.45, 2.75) is 25.2 Å². The molecule has 0 saturated heterocycles. The van der Waals surface area contributed by atoms with E-state index in [4.69, 9.17) is 10.7 Å². The third-order valence-corrected chi connectivity index (χ3v) is 4.30. The standard InChI is InChI=1S/C17H17N3/c1-11-2-7-14-15(10-11)20-16(19-14)17(8-9-17)12-3-5-13(18)6-4-12/h2-7,10H,8-9,18H2,1H3,(H,19,20). The number of rotatable bonds is 2. The molecule has 1 aromatic heterocycles. The van der Waals surface area contributed by atoms with Gasteiger partial charge in [0, 0.05) is 5.69 Å². The second-order valence-corrected chi connectivity index (χ2v) is 5.81. The molecule has 3 heteroatoms. The molecule has 100 valence electrons. The number of nitrogens with zero attached hydrogens (tertiary/aromatic N) is 1. The van der Waals surface area contributed by atoms with Crippen LogP contribution in [0, 0.1) is 6.92 Å². The smallest absolute Gasteiger partial charge is 0.117 e. The maximum absolute atomic E-state index is 5.78. The Kier molecular flexibility index (Phi) is 2.22. The number of H-pyrrole nitrogens is 1. The van der Waals surface area contributed by atoms with Gasteiger partial charge in [-0.1, -0.05) is 18.2 Å². The molecule has 2 aromatic carbocycles. The summed E-state index contributed by atoms with van der Waals surface area (Å²) in [6, 6.07) is 14.6. The second-order valence-electron chi connectivity index (χ2n) is 5.81. The average Bonchev–Trinajstić information content (AvgIpc) is 3.14. The summed E-state index contributed by atoms with van der Waals surface area (Å²) < 4.78 is 0. The SMILES string of the molecule is Cc1ccc2nc(C3(c4ccc(N)cc4)CC3)[nH]c2c1. The van der Waals surface area contributed by atoms with E-state index in [9.17, 15) is 0 Å². The van der Waals surface area contributed by atoms with E-state index in [2.05, 4.69) is 42.2 Å². The molecular weight excluding hydrogens is 246 g/mol. The van der Waals surface area contributed by atoms with Crippen LogP contribution in [-0.2, 0) is 5.41 Å². The van der Waals surface area contributed by atoms with Crippen molar-refractivity contribution < 1.29 is 0 Å². The first-order valence-electron chi connectivity index (χ1n) is 7.00. The maximum Gasteiger partial charge on any atom is 0.117 e. The van der Waals surface area contributed by atoms with Crippen LogP contribution in [0.4, 0.5) is 5.69 Å². The molecule has 20 heavy (non-hydrogen) atoms. The summed E-state index contributed by atoms with van der Waals surface area (Å²) in [5, 5.41) is 0. The van der Waals surface area contributed by atoms with Crippen molar-refractivity contribution in [1.29, 1.82) is 0 Å². The van der Waals surface area contributed by atoms with Crippen LogP contribution in [0.2, 0.25) is 0 Å². The van der Waals surface area contributed by atoms with Crippen LogP contribution < -0.4 is 5.73 Å². The van der Waals surface area contributed by atoms with Gasteiger partial charge in [-0.3, -0.25) is 0 Å². The number of hydrogen-bond donors (Lipinski definition) is 2. The maximum atomic E-state index is 5.78. The number of fused-ring (bicyclic) bond motifs is 1. The number of aryl methyl sites for hydroxylation is 1. The predicted molar refractivity (Wildman–Crippen MR) is 81.7 cm³/mol. The van der Waals surface area contributed by atoms with Gasteiger partial charge in [-0.05, 0) is 55.2 Å². The van der Waals surface area contributed by atoms with E-state index in [1.54, 1.807) is 0 Å². The zero-order valence-corrected chi connectivity index (χ0v) is 11.5. The normalized spacial score (nSPS) is 16.4. The zero-order valence-electron chi connectivity index (χ0n) is 11.5. The fourth-order valence-corrected chi connectivity index (χ4v) is 2.94. The topological polar surface area (TPSA) is 54.7 Å². The minimum Gasteiger partial charge on any atom is -0.399 e. The van der Waals surface area contributed by atoms with Crippen molar-refractivity contribution in [3.05, 3.63) is 59.4 Å². The first-order valence-corrected chi connectivity index (χ1v) is 7.00. The van der Waals surface area contributed by atoms with E-state index < -0.39 is 0 Å². The minimum atomic E-state index is 0.0701. The monoisotopic (exact) mass is 263 g/mol. The van der Waals surface area contributed by atoms with Gasteiger partial charge in [0.25, 0.3) is 0 Å². The van der Waals surface area contributed by atoms with Gasteiger partial charge in [0.2, 0.25) is 0 Å². The molecule has 3 aromatic rings. The van der Waals surface area contributed by atoms with Gasteiger partial charge in [0.15, 0.2) is 0 Å². The summed E-state index contributed by atoms with van der Waals surface area (Å²) in [5.41, 5.74) is 11.4. The number of nitrogens with two attached hydrogens (primary N) is 1. The first kappa shape index (κ1) is 11.5. The summed E-state index contributed by atoms with van der Waals surface area (Å²) in [6.45, 7) is 2.10. The highest BCUT2D eigenvalue weighted by Gasteiger charge is 2.48.